The molecule has 1 aromatic rings. The molecule has 0 aliphatic carbocycles. The third kappa shape index (κ3) is 2.35. The first-order valence-electron chi connectivity index (χ1n) is 5.12. The number of carbonyl (C=O) groups is 1. The largest absolute Gasteiger partial charge is 0.354 e. The maximum atomic E-state index is 11.2. The van der Waals surface area contributed by atoms with Crippen molar-refractivity contribution in [3.05, 3.63) is 29.6 Å². The third-order valence-electron chi connectivity index (χ3n) is 2.51. The monoisotopic (exact) mass is 216 g/mol. The molecule has 1 N–H and O–H groups in total. The van der Waals surface area contributed by atoms with Crippen LogP contribution in [0.4, 0.5) is 0 Å². The maximum absolute atomic E-state index is 11.2. The highest BCUT2D eigenvalue weighted by Gasteiger charge is 2.17. The molecule has 1 fully saturated rings. The van der Waals surface area contributed by atoms with Crippen LogP contribution in [-0.2, 0) is 11.3 Å². The average Bonchev–Trinajstić information content (AvgIpc) is 2.30. The van der Waals surface area contributed by atoms with Gasteiger partial charge in [0.05, 0.1) is 6.54 Å². The second kappa shape index (κ2) is 4.73. The minimum atomic E-state index is 0.0358. The Labute approximate surface area is 93.7 Å². The molecule has 0 spiro atoms. The second-order valence-electron chi connectivity index (χ2n) is 3.68. The van der Waals surface area contributed by atoms with Crippen molar-refractivity contribution in [3.63, 3.8) is 0 Å². The lowest BCUT2D eigenvalue weighted by Gasteiger charge is -2.26. The van der Waals surface area contributed by atoms with Crippen LogP contribution in [0.25, 0.3) is 0 Å². The highest BCUT2D eigenvalue weighted by atomic mass is 16.2. The fourth-order valence-corrected chi connectivity index (χ4v) is 1.73. The predicted molar refractivity (Wildman–Crippen MR) is 57.2 cm³/mol. The van der Waals surface area contributed by atoms with Crippen molar-refractivity contribution in [1.29, 1.82) is 5.26 Å². The average molecular weight is 216 g/mol. The van der Waals surface area contributed by atoms with Gasteiger partial charge in [0.15, 0.2) is 0 Å². The summed E-state index contributed by atoms with van der Waals surface area (Å²) in [7, 11) is 0. The van der Waals surface area contributed by atoms with E-state index in [0.29, 0.717) is 25.3 Å². The number of piperazine rings is 1. The number of carbonyl (C=O) groups excluding carboxylic acids is 1. The highest BCUT2D eigenvalue weighted by Crippen LogP contribution is 2.08. The van der Waals surface area contributed by atoms with Crippen LogP contribution in [0, 0.1) is 11.3 Å². The third-order valence-corrected chi connectivity index (χ3v) is 2.51. The topological polar surface area (TPSA) is 69.0 Å². The summed E-state index contributed by atoms with van der Waals surface area (Å²) in [5.41, 5.74) is 1.31. The zero-order valence-corrected chi connectivity index (χ0v) is 8.81. The van der Waals surface area contributed by atoms with Gasteiger partial charge in [0.25, 0.3) is 0 Å². The number of hydrogen-bond donors (Lipinski definition) is 1. The fraction of sp³-hybridized carbons (Fsp3) is 0.364. The van der Waals surface area contributed by atoms with Gasteiger partial charge in [-0.25, -0.2) is 4.98 Å². The molecular formula is C11H12N4O. The van der Waals surface area contributed by atoms with E-state index in [1.165, 1.54) is 0 Å². The van der Waals surface area contributed by atoms with Gasteiger partial charge in [0.2, 0.25) is 5.91 Å². The molecule has 5 heteroatoms. The maximum Gasteiger partial charge on any atom is 0.234 e. The molecule has 0 aromatic carbocycles. The lowest BCUT2D eigenvalue weighted by Crippen LogP contribution is -2.47. The summed E-state index contributed by atoms with van der Waals surface area (Å²) in [5, 5.41) is 11.7. The Morgan fingerprint density at radius 1 is 1.62 bits per heavy atom. The van der Waals surface area contributed by atoms with Crippen LogP contribution in [0.5, 0.6) is 0 Å². The molecule has 0 saturated carbocycles. The van der Waals surface area contributed by atoms with Crippen molar-refractivity contribution >= 4 is 5.91 Å². The number of aromatic nitrogens is 1. The molecule has 16 heavy (non-hydrogen) atoms. The molecule has 0 atom stereocenters. The summed E-state index contributed by atoms with van der Waals surface area (Å²) in [6.45, 7) is 2.47. The molecule has 0 radical (unpaired) electrons. The van der Waals surface area contributed by atoms with Gasteiger partial charge in [-0.3, -0.25) is 9.69 Å². The van der Waals surface area contributed by atoms with E-state index >= 15 is 0 Å². The van der Waals surface area contributed by atoms with Crippen molar-refractivity contribution in [1.82, 2.24) is 15.2 Å². The Balaban J connectivity index is 2.09. The Morgan fingerprint density at radius 3 is 3.25 bits per heavy atom. The number of pyridine rings is 1. The van der Waals surface area contributed by atoms with Crippen LogP contribution in [-0.4, -0.2) is 35.4 Å². The first kappa shape index (κ1) is 10.6. The van der Waals surface area contributed by atoms with Crippen LogP contribution in [0.2, 0.25) is 0 Å². The van der Waals surface area contributed by atoms with Crippen LogP contribution >= 0.6 is 0 Å². The van der Waals surface area contributed by atoms with Gasteiger partial charge in [-0.05, 0) is 6.07 Å². The number of rotatable bonds is 2. The van der Waals surface area contributed by atoms with Gasteiger partial charge in [-0.15, -0.1) is 0 Å². The Bertz CT molecular complexity index is 438. The molecule has 1 saturated heterocycles. The molecule has 5 nitrogen and oxygen atoms in total. The quantitative estimate of drug-likeness (QED) is 0.748. The summed E-state index contributed by atoms with van der Waals surface area (Å²) in [4.78, 5) is 17.2. The van der Waals surface area contributed by atoms with Gasteiger partial charge < -0.3 is 5.32 Å². The molecule has 0 unspecified atom stereocenters. The lowest BCUT2D eigenvalue weighted by atomic mass is 10.2. The van der Waals surface area contributed by atoms with Gasteiger partial charge >= 0.3 is 0 Å². The zero-order chi connectivity index (χ0) is 11.4. The van der Waals surface area contributed by atoms with E-state index < -0.39 is 0 Å². The van der Waals surface area contributed by atoms with Crippen LogP contribution in [0.1, 0.15) is 11.3 Å². The Morgan fingerprint density at radius 2 is 2.50 bits per heavy atom. The highest BCUT2D eigenvalue weighted by molar-refractivity contribution is 5.78. The van der Waals surface area contributed by atoms with Crippen molar-refractivity contribution < 1.29 is 4.79 Å². The summed E-state index contributed by atoms with van der Waals surface area (Å²) in [6.07, 6.45) is 1.60. The first-order valence-corrected chi connectivity index (χ1v) is 5.12. The minimum absolute atomic E-state index is 0.0358. The summed E-state index contributed by atoms with van der Waals surface area (Å²) >= 11 is 0. The van der Waals surface area contributed by atoms with Crippen molar-refractivity contribution in [2.45, 2.75) is 6.54 Å². The van der Waals surface area contributed by atoms with E-state index in [-0.39, 0.29) is 5.91 Å². The fourth-order valence-electron chi connectivity index (χ4n) is 1.73. The molecule has 1 aliphatic rings. The van der Waals surface area contributed by atoms with E-state index in [0.717, 1.165) is 12.1 Å². The summed E-state index contributed by atoms with van der Waals surface area (Å²) < 4.78 is 0. The summed E-state index contributed by atoms with van der Waals surface area (Å²) in [5.74, 6) is 0.0358. The Hall–Kier alpha value is -1.93. The van der Waals surface area contributed by atoms with E-state index in [4.69, 9.17) is 5.26 Å². The van der Waals surface area contributed by atoms with Gasteiger partial charge in [-0.2, -0.15) is 5.26 Å². The molecule has 0 bridgehead atoms. The van der Waals surface area contributed by atoms with Gasteiger partial charge in [0, 0.05) is 31.4 Å². The van der Waals surface area contributed by atoms with E-state index in [1.54, 1.807) is 12.3 Å². The van der Waals surface area contributed by atoms with E-state index in [2.05, 4.69) is 16.4 Å². The Kier molecular flexibility index (Phi) is 3.13. The number of amides is 1. The van der Waals surface area contributed by atoms with Crippen LogP contribution < -0.4 is 5.32 Å². The number of nitrogens with zero attached hydrogens (tertiary/aromatic N) is 3. The summed E-state index contributed by atoms with van der Waals surface area (Å²) in [6, 6.07) is 5.74. The van der Waals surface area contributed by atoms with Crippen molar-refractivity contribution in [2.24, 2.45) is 0 Å². The number of hydrogen-bond acceptors (Lipinski definition) is 4. The first-order chi connectivity index (χ1) is 7.79. The number of nitrogens with one attached hydrogen (secondary N) is 1. The predicted octanol–water partition coefficient (Wildman–Crippen LogP) is -0.115. The number of nitriles is 1. The molecular weight excluding hydrogens is 204 g/mol. The molecule has 1 aliphatic heterocycles. The van der Waals surface area contributed by atoms with Crippen LogP contribution in [0.3, 0.4) is 0 Å². The van der Waals surface area contributed by atoms with Gasteiger partial charge in [0.1, 0.15) is 11.8 Å². The zero-order valence-electron chi connectivity index (χ0n) is 8.81. The molecule has 1 aromatic heterocycles. The standard InChI is InChI=1S/C11H12N4O/c12-6-10-9(2-1-3-13-10)7-15-5-4-14-11(16)8-15/h1-3H,4-5,7-8H2,(H,14,16). The lowest BCUT2D eigenvalue weighted by molar-refractivity contribution is -0.124. The minimum Gasteiger partial charge on any atom is -0.354 e. The molecule has 2 heterocycles. The van der Waals surface area contributed by atoms with Crippen molar-refractivity contribution in [2.75, 3.05) is 19.6 Å². The van der Waals surface area contributed by atoms with Crippen LogP contribution in [0.15, 0.2) is 18.3 Å². The van der Waals surface area contributed by atoms with Gasteiger partial charge in [-0.1, -0.05) is 6.07 Å². The smallest absolute Gasteiger partial charge is 0.234 e. The molecule has 1 amide bonds. The molecule has 2 rings (SSSR count). The van der Waals surface area contributed by atoms with E-state index in [9.17, 15) is 4.79 Å². The normalized spacial score (nSPS) is 16.6. The van der Waals surface area contributed by atoms with Crippen molar-refractivity contribution in [3.8, 4) is 6.07 Å². The molecule has 82 valence electrons. The SMILES string of the molecule is N#Cc1ncccc1CN1CCNC(=O)C1. The van der Waals surface area contributed by atoms with E-state index in [1.807, 2.05) is 11.0 Å². The second-order valence-corrected chi connectivity index (χ2v) is 3.68.